The van der Waals surface area contributed by atoms with Crippen molar-refractivity contribution in [2.75, 3.05) is 0 Å². The molecule has 102 valence electrons. The van der Waals surface area contributed by atoms with E-state index in [4.69, 9.17) is 11.0 Å². The van der Waals surface area contributed by atoms with Crippen molar-refractivity contribution >= 4 is 11.8 Å². The molecule has 0 aliphatic carbocycles. The van der Waals surface area contributed by atoms with E-state index < -0.39 is 29.9 Å². The molecule has 0 unspecified atom stereocenters. The van der Waals surface area contributed by atoms with Crippen molar-refractivity contribution in [2.45, 2.75) is 45.8 Å². The van der Waals surface area contributed by atoms with E-state index in [0.717, 1.165) is 0 Å². The number of hydrogen-bond donors (Lipinski definition) is 3. The lowest BCUT2D eigenvalue weighted by atomic mass is 10.0. The molecule has 3 atom stereocenters. The number of nitrogens with zero attached hydrogens (tertiary/aromatic N) is 1. The second kappa shape index (κ2) is 7.67. The topological polar surface area (TPSA) is 116 Å². The molecule has 6 nitrogen and oxygen atoms in total. The van der Waals surface area contributed by atoms with Crippen LogP contribution in [-0.2, 0) is 9.59 Å². The Morgan fingerprint density at radius 1 is 1.33 bits per heavy atom. The molecule has 0 saturated carbocycles. The van der Waals surface area contributed by atoms with Gasteiger partial charge in [-0.2, -0.15) is 5.26 Å². The summed E-state index contributed by atoms with van der Waals surface area (Å²) in [7, 11) is 0. The van der Waals surface area contributed by atoms with Gasteiger partial charge in [0, 0.05) is 5.92 Å². The van der Waals surface area contributed by atoms with Gasteiger partial charge in [-0.05, 0) is 25.7 Å². The Morgan fingerprint density at radius 3 is 2.28 bits per heavy atom. The minimum absolute atomic E-state index is 0.145. The van der Waals surface area contributed by atoms with Crippen LogP contribution in [0.3, 0.4) is 0 Å². The van der Waals surface area contributed by atoms with Crippen LogP contribution >= 0.6 is 0 Å². The second-order valence-corrected chi connectivity index (χ2v) is 4.87. The van der Waals surface area contributed by atoms with Crippen molar-refractivity contribution < 1.29 is 14.7 Å². The van der Waals surface area contributed by atoms with E-state index in [-0.39, 0.29) is 12.3 Å². The Morgan fingerprint density at radius 2 is 1.89 bits per heavy atom. The summed E-state index contributed by atoms with van der Waals surface area (Å²) in [4.78, 5) is 22.8. The highest BCUT2D eigenvalue weighted by atomic mass is 16.3. The average molecular weight is 255 g/mol. The van der Waals surface area contributed by atoms with Crippen LogP contribution in [0, 0.1) is 23.2 Å². The van der Waals surface area contributed by atoms with Gasteiger partial charge in [-0.25, -0.2) is 0 Å². The van der Waals surface area contributed by atoms with Crippen LogP contribution in [0.1, 0.15) is 33.6 Å². The molecule has 0 aromatic carbocycles. The monoisotopic (exact) mass is 255 g/mol. The van der Waals surface area contributed by atoms with Crippen LogP contribution in [0.4, 0.5) is 0 Å². The molecule has 0 rings (SSSR count). The van der Waals surface area contributed by atoms with Crippen LogP contribution in [0.2, 0.25) is 0 Å². The van der Waals surface area contributed by atoms with Gasteiger partial charge in [-0.15, -0.1) is 0 Å². The number of nitrogens with two attached hydrogens (primary N) is 1. The van der Waals surface area contributed by atoms with Crippen LogP contribution in [0.25, 0.3) is 0 Å². The van der Waals surface area contributed by atoms with Crippen LogP contribution < -0.4 is 11.1 Å². The summed E-state index contributed by atoms with van der Waals surface area (Å²) in [5, 5.41) is 20.6. The third-order valence-corrected chi connectivity index (χ3v) is 2.47. The molecule has 0 heterocycles. The number of aliphatic hydroxyl groups is 1. The summed E-state index contributed by atoms with van der Waals surface area (Å²) in [5.74, 6) is -1.57. The van der Waals surface area contributed by atoms with Gasteiger partial charge in [0.05, 0.1) is 6.07 Å². The minimum Gasteiger partial charge on any atom is -0.383 e. The zero-order valence-corrected chi connectivity index (χ0v) is 11.0. The van der Waals surface area contributed by atoms with Crippen molar-refractivity contribution in [2.24, 2.45) is 17.6 Å². The number of carbonyl (C=O) groups excluding carboxylic acids is 2. The summed E-state index contributed by atoms with van der Waals surface area (Å²) in [6.45, 7) is 5.38. The molecule has 0 aromatic rings. The number of carbonyl (C=O) groups is 2. The van der Waals surface area contributed by atoms with Crippen molar-refractivity contribution in [1.82, 2.24) is 5.32 Å². The Bertz CT molecular complexity index is 336. The quantitative estimate of drug-likeness (QED) is 0.589. The van der Waals surface area contributed by atoms with E-state index in [9.17, 15) is 14.7 Å². The fraction of sp³-hybridized carbons (Fsp3) is 0.750. The number of amides is 2. The Labute approximate surface area is 107 Å². The molecule has 0 aliphatic heterocycles. The number of aliphatic hydroxyl groups excluding tert-OH is 1. The SMILES string of the molecule is CC(C)C[C@@H](O)C(=O)N[C@@H](C[C@@H](C)C#N)C(N)=O. The molecular formula is C12H21N3O3. The highest BCUT2D eigenvalue weighted by Gasteiger charge is 2.24. The zero-order valence-electron chi connectivity index (χ0n) is 11.0. The van der Waals surface area contributed by atoms with E-state index in [1.807, 2.05) is 19.9 Å². The van der Waals surface area contributed by atoms with Gasteiger partial charge in [0.25, 0.3) is 0 Å². The van der Waals surface area contributed by atoms with Crippen molar-refractivity contribution in [3.05, 3.63) is 0 Å². The highest BCUT2D eigenvalue weighted by Crippen LogP contribution is 2.07. The van der Waals surface area contributed by atoms with Gasteiger partial charge >= 0.3 is 0 Å². The summed E-state index contributed by atoms with van der Waals surface area (Å²) in [5.41, 5.74) is 5.14. The lowest BCUT2D eigenvalue weighted by Crippen LogP contribution is -2.48. The van der Waals surface area contributed by atoms with Gasteiger partial charge < -0.3 is 16.2 Å². The van der Waals surface area contributed by atoms with Gasteiger partial charge in [-0.1, -0.05) is 13.8 Å². The summed E-state index contributed by atoms with van der Waals surface area (Å²) in [6, 6.07) is 1.04. The molecule has 18 heavy (non-hydrogen) atoms. The van der Waals surface area contributed by atoms with Crippen LogP contribution in [0.5, 0.6) is 0 Å². The van der Waals surface area contributed by atoms with Gasteiger partial charge in [0.15, 0.2) is 0 Å². The first-order valence-electron chi connectivity index (χ1n) is 5.95. The van der Waals surface area contributed by atoms with E-state index in [0.29, 0.717) is 6.42 Å². The fourth-order valence-electron chi connectivity index (χ4n) is 1.47. The largest absolute Gasteiger partial charge is 0.383 e. The molecular weight excluding hydrogens is 234 g/mol. The molecule has 4 N–H and O–H groups in total. The molecule has 6 heteroatoms. The molecule has 0 aromatic heterocycles. The number of hydrogen-bond acceptors (Lipinski definition) is 4. The Balaban J connectivity index is 4.46. The first-order chi connectivity index (χ1) is 8.27. The van der Waals surface area contributed by atoms with Gasteiger partial charge in [-0.3, -0.25) is 9.59 Å². The molecule has 0 bridgehead atoms. The van der Waals surface area contributed by atoms with Crippen molar-refractivity contribution in [3.8, 4) is 6.07 Å². The number of nitriles is 1. The predicted octanol–water partition coefficient (Wildman–Crippen LogP) is -0.0867. The highest BCUT2D eigenvalue weighted by molar-refractivity contribution is 5.88. The molecule has 0 aliphatic rings. The molecule has 0 fully saturated rings. The summed E-state index contributed by atoms with van der Waals surface area (Å²) in [6.07, 6.45) is -0.707. The molecule has 2 amide bonds. The summed E-state index contributed by atoms with van der Waals surface area (Å²) >= 11 is 0. The Kier molecular flexibility index (Phi) is 6.98. The number of primary amides is 1. The molecule has 0 spiro atoms. The average Bonchev–Trinajstić information content (AvgIpc) is 2.26. The lowest BCUT2D eigenvalue weighted by molar-refractivity contribution is -0.134. The first kappa shape index (κ1) is 16.4. The van der Waals surface area contributed by atoms with E-state index in [1.165, 1.54) is 0 Å². The zero-order chi connectivity index (χ0) is 14.3. The van der Waals surface area contributed by atoms with E-state index in [1.54, 1.807) is 6.92 Å². The first-order valence-corrected chi connectivity index (χ1v) is 5.95. The predicted molar refractivity (Wildman–Crippen MR) is 66.0 cm³/mol. The van der Waals surface area contributed by atoms with Crippen molar-refractivity contribution in [3.63, 3.8) is 0 Å². The van der Waals surface area contributed by atoms with Crippen molar-refractivity contribution in [1.29, 1.82) is 5.26 Å². The lowest BCUT2D eigenvalue weighted by Gasteiger charge is -2.19. The minimum atomic E-state index is -1.16. The van der Waals surface area contributed by atoms with E-state index >= 15 is 0 Å². The van der Waals surface area contributed by atoms with Gasteiger partial charge in [0.2, 0.25) is 11.8 Å². The maximum absolute atomic E-state index is 11.6. The third kappa shape index (κ3) is 6.21. The van der Waals surface area contributed by atoms with E-state index in [2.05, 4.69) is 5.32 Å². The standard InChI is InChI=1S/C12H21N3O3/c1-7(2)4-10(16)12(18)15-9(11(14)17)5-8(3)6-13/h7-10,16H,4-5H2,1-3H3,(H2,14,17)(H,15,18)/t8-,9+,10-/m1/s1. The molecule has 0 saturated heterocycles. The van der Waals surface area contributed by atoms with Crippen LogP contribution in [-0.4, -0.2) is 29.1 Å². The molecule has 0 radical (unpaired) electrons. The summed E-state index contributed by atoms with van der Waals surface area (Å²) < 4.78 is 0. The Hall–Kier alpha value is -1.61. The second-order valence-electron chi connectivity index (χ2n) is 4.87. The maximum Gasteiger partial charge on any atom is 0.249 e. The maximum atomic E-state index is 11.6. The van der Waals surface area contributed by atoms with Gasteiger partial charge in [0.1, 0.15) is 12.1 Å². The number of rotatable bonds is 7. The van der Waals surface area contributed by atoms with Crippen LogP contribution in [0.15, 0.2) is 0 Å². The normalized spacial score (nSPS) is 15.6. The number of nitrogens with one attached hydrogen (secondary N) is 1. The fourth-order valence-corrected chi connectivity index (χ4v) is 1.47. The third-order valence-electron chi connectivity index (χ3n) is 2.47. The smallest absolute Gasteiger partial charge is 0.249 e.